The Balaban J connectivity index is 1.34. The van der Waals surface area contributed by atoms with Crippen LogP contribution < -0.4 is 5.56 Å². The van der Waals surface area contributed by atoms with Crippen LogP contribution >= 0.6 is 0 Å². The highest BCUT2D eigenvalue weighted by Gasteiger charge is 2.45. The van der Waals surface area contributed by atoms with Crippen LogP contribution in [0.4, 0.5) is 0 Å². The number of carbonyl (C=O) groups is 1. The van der Waals surface area contributed by atoms with Crippen molar-refractivity contribution in [2.24, 2.45) is 0 Å². The summed E-state index contributed by atoms with van der Waals surface area (Å²) in [7, 11) is 0. The van der Waals surface area contributed by atoms with Crippen LogP contribution in [0.5, 0.6) is 0 Å². The number of H-pyrrole nitrogens is 1. The van der Waals surface area contributed by atoms with Gasteiger partial charge in [0.2, 0.25) is 0 Å². The quantitative estimate of drug-likeness (QED) is 0.517. The molecule has 1 aliphatic carbocycles. The average Bonchev–Trinajstić information content (AvgIpc) is 3.40. The molecule has 8 nitrogen and oxygen atoms in total. The molecule has 33 heavy (non-hydrogen) atoms. The van der Waals surface area contributed by atoms with Crippen molar-refractivity contribution >= 4 is 11.6 Å². The normalized spacial score (nSPS) is 19.8. The number of hydrogen-bond donors (Lipinski definition) is 1. The van der Waals surface area contributed by atoms with Gasteiger partial charge < -0.3 is 4.90 Å². The van der Waals surface area contributed by atoms with E-state index in [0.29, 0.717) is 24.6 Å². The van der Waals surface area contributed by atoms with E-state index in [-0.39, 0.29) is 22.4 Å². The molecule has 1 aromatic carbocycles. The highest BCUT2D eigenvalue weighted by atomic mass is 16.2. The van der Waals surface area contributed by atoms with Gasteiger partial charge in [0.1, 0.15) is 5.56 Å². The van der Waals surface area contributed by atoms with E-state index in [2.05, 4.69) is 15.1 Å². The molecule has 3 aromatic heterocycles. The van der Waals surface area contributed by atoms with Crippen LogP contribution in [0.2, 0.25) is 0 Å². The van der Waals surface area contributed by atoms with Crippen LogP contribution in [0.25, 0.3) is 17.0 Å². The van der Waals surface area contributed by atoms with Gasteiger partial charge in [0.15, 0.2) is 11.5 Å². The van der Waals surface area contributed by atoms with Crippen LogP contribution in [0.1, 0.15) is 46.6 Å². The van der Waals surface area contributed by atoms with E-state index >= 15 is 0 Å². The van der Waals surface area contributed by atoms with Crippen molar-refractivity contribution < 1.29 is 4.79 Å². The maximum atomic E-state index is 13.4. The fourth-order valence-corrected chi connectivity index (χ4v) is 5.37. The van der Waals surface area contributed by atoms with Gasteiger partial charge in [0.05, 0.1) is 5.69 Å². The number of rotatable bonds is 2. The predicted octanol–water partition coefficient (Wildman–Crippen LogP) is 2.91. The van der Waals surface area contributed by atoms with Gasteiger partial charge in [-0.2, -0.15) is 0 Å². The number of aryl methyl sites for hydroxylation is 2. The number of fused-ring (bicyclic) bond motifs is 3. The minimum atomic E-state index is -0.363. The van der Waals surface area contributed by atoms with E-state index in [1.54, 1.807) is 6.07 Å². The predicted molar refractivity (Wildman–Crippen MR) is 123 cm³/mol. The lowest BCUT2D eigenvalue weighted by molar-refractivity contribution is 0.0631. The SMILES string of the molecule is Cc1cc2ncc(C(=O)N3CCCC4(CCc5cnc(-c6ccccc6)nc54)C3)c(=O)n2[nH]1. The van der Waals surface area contributed by atoms with Crippen LogP contribution in [-0.2, 0) is 11.8 Å². The molecule has 0 saturated carbocycles. The molecule has 0 radical (unpaired) electrons. The van der Waals surface area contributed by atoms with Crippen molar-refractivity contribution in [3.8, 4) is 11.4 Å². The maximum Gasteiger partial charge on any atom is 0.285 e. The summed E-state index contributed by atoms with van der Waals surface area (Å²) in [6, 6.07) is 11.8. The molecule has 1 spiro atoms. The molecule has 166 valence electrons. The first kappa shape index (κ1) is 19.8. The fourth-order valence-electron chi connectivity index (χ4n) is 5.37. The summed E-state index contributed by atoms with van der Waals surface area (Å²) in [5.74, 6) is 0.452. The second-order valence-electron chi connectivity index (χ2n) is 9.15. The Kier molecular flexibility index (Phi) is 4.43. The smallest absolute Gasteiger partial charge is 0.285 e. The molecule has 2 aliphatic rings. The van der Waals surface area contributed by atoms with Gasteiger partial charge in [-0.1, -0.05) is 30.3 Å². The van der Waals surface area contributed by atoms with Crippen molar-refractivity contribution in [1.29, 1.82) is 0 Å². The first-order valence-electron chi connectivity index (χ1n) is 11.3. The van der Waals surface area contributed by atoms with Crippen LogP contribution in [0, 0.1) is 6.92 Å². The highest BCUT2D eigenvalue weighted by Crippen LogP contribution is 2.44. The number of nitrogens with zero attached hydrogens (tertiary/aromatic N) is 5. The molecule has 1 saturated heterocycles. The molecule has 4 aromatic rings. The number of piperidine rings is 1. The van der Waals surface area contributed by atoms with E-state index in [0.717, 1.165) is 48.2 Å². The number of carbonyl (C=O) groups excluding carboxylic acids is 1. The van der Waals surface area contributed by atoms with Gasteiger partial charge in [0.25, 0.3) is 11.5 Å². The molecule has 1 fully saturated rings. The number of aromatic nitrogens is 5. The maximum absolute atomic E-state index is 13.4. The van der Waals surface area contributed by atoms with E-state index in [4.69, 9.17) is 4.98 Å². The highest BCUT2D eigenvalue weighted by molar-refractivity contribution is 5.94. The Hall–Kier alpha value is -3.81. The molecule has 1 unspecified atom stereocenters. The number of nitrogens with one attached hydrogen (secondary N) is 1. The van der Waals surface area contributed by atoms with E-state index in [1.807, 2.05) is 48.4 Å². The average molecular weight is 441 g/mol. The molecule has 1 atom stereocenters. The number of hydrogen-bond acceptors (Lipinski definition) is 5. The molecule has 1 amide bonds. The first-order chi connectivity index (χ1) is 16.0. The molecule has 0 bridgehead atoms. The Morgan fingerprint density at radius 1 is 1.12 bits per heavy atom. The lowest BCUT2D eigenvalue weighted by atomic mass is 9.77. The lowest BCUT2D eigenvalue weighted by Gasteiger charge is -2.40. The van der Waals surface area contributed by atoms with Crippen molar-refractivity contribution in [1.82, 2.24) is 29.5 Å². The van der Waals surface area contributed by atoms with Gasteiger partial charge in [0, 0.05) is 48.2 Å². The molecule has 8 heteroatoms. The van der Waals surface area contributed by atoms with Crippen molar-refractivity contribution in [3.05, 3.63) is 81.7 Å². The van der Waals surface area contributed by atoms with Crippen molar-refractivity contribution in [2.75, 3.05) is 13.1 Å². The van der Waals surface area contributed by atoms with Crippen LogP contribution in [0.15, 0.2) is 53.6 Å². The molecular weight excluding hydrogens is 416 g/mol. The number of benzene rings is 1. The third kappa shape index (κ3) is 3.16. The zero-order valence-electron chi connectivity index (χ0n) is 18.4. The number of amides is 1. The van der Waals surface area contributed by atoms with Crippen LogP contribution in [-0.4, -0.2) is 48.5 Å². The summed E-state index contributed by atoms with van der Waals surface area (Å²) in [5, 5.41) is 2.96. The molecule has 1 aliphatic heterocycles. The monoisotopic (exact) mass is 440 g/mol. The Morgan fingerprint density at radius 3 is 2.82 bits per heavy atom. The van der Waals surface area contributed by atoms with Crippen molar-refractivity contribution in [2.45, 2.75) is 38.0 Å². The summed E-state index contributed by atoms with van der Waals surface area (Å²) in [6.07, 6.45) is 7.04. The summed E-state index contributed by atoms with van der Waals surface area (Å²) in [6.45, 7) is 3.03. The summed E-state index contributed by atoms with van der Waals surface area (Å²) in [4.78, 5) is 42.1. The zero-order valence-corrected chi connectivity index (χ0v) is 18.4. The van der Waals surface area contributed by atoms with Gasteiger partial charge in [-0.15, -0.1) is 0 Å². The van der Waals surface area contributed by atoms with Gasteiger partial charge in [-0.05, 0) is 38.2 Å². The standard InChI is InChI=1S/C25H24N6O2/c1-16-12-20-26-14-19(24(33)31(20)29-16)23(32)30-11-5-9-25(15-30)10-8-18-13-27-22(28-21(18)25)17-6-3-2-4-7-17/h2-4,6-7,12-14,29H,5,8-11,15H2,1H3. The Labute approximate surface area is 190 Å². The van der Waals surface area contributed by atoms with Gasteiger partial charge >= 0.3 is 0 Å². The third-order valence-corrected chi connectivity index (χ3v) is 6.99. The van der Waals surface area contributed by atoms with Crippen LogP contribution in [0.3, 0.4) is 0 Å². The fraction of sp³-hybridized carbons (Fsp3) is 0.320. The Morgan fingerprint density at radius 2 is 1.97 bits per heavy atom. The lowest BCUT2D eigenvalue weighted by Crippen LogP contribution is -2.49. The first-order valence-corrected chi connectivity index (χ1v) is 11.3. The summed E-state index contributed by atoms with van der Waals surface area (Å²) >= 11 is 0. The van der Waals surface area contributed by atoms with E-state index < -0.39 is 0 Å². The molecule has 4 heterocycles. The minimum Gasteiger partial charge on any atom is -0.337 e. The van der Waals surface area contributed by atoms with E-state index in [9.17, 15) is 9.59 Å². The topological polar surface area (TPSA) is 96.2 Å². The number of likely N-dealkylation sites (tertiary alicyclic amines) is 1. The largest absolute Gasteiger partial charge is 0.337 e. The summed E-state index contributed by atoms with van der Waals surface area (Å²) in [5.41, 5.74) is 4.06. The third-order valence-electron chi connectivity index (χ3n) is 6.99. The molecular formula is C25H24N6O2. The Bertz CT molecular complexity index is 1440. The second kappa shape index (κ2) is 7.37. The van der Waals surface area contributed by atoms with Gasteiger partial charge in [-0.25, -0.2) is 19.5 Å². The minimum absolute atomic E-state index is 0.0947. The molecule has 1 N–H and O–H groups in total. The van der Waals surface area contributed by atoms with Crippen molar-refractivity contribution in [3.63, 3.8) is 0 Å². The molecule has 6 rings (SSSR count). The number of aromatic amines is 1. The van der Waals surface area contributed by atoms with E-state index in [1.165, 1.54) is 10.7 Å². The second-order valence-corrected chi connectivity index (χ2v) is 9.15. The zero-order chi connectivity index (χ0) is 22.6. The summed E-state index contributed by atoms with van der Waals surface area (Å²) < 4.78 is 1.34. The van der Waals surface area contributed by atoms with Gasteiger partial charge in [-0.3, -0.25) is 14.7 Å².